The molecule has 0 spiro atoms. The lowest BCUT2D eigenvalue weighted by Crippen LogP contribution is -2.19. The molecule has 1 heterocycles. The van der Waals surface area contributed by atoms with Gasteiger partial charge in [-0.15, -0.1) is 0 Å². The minimum absolute atomic E-state index is 0.862. The number of nitrogens with zero attached hydrogens (tertiary/aromatic N) is 1. The normalized spacial score (nSPS) is 23.6. The maximum Gasteiger partial charge on any atom is 0.0249 e. The van der Waals surface area contributed by atoms with Gasteiger partial charge in [-0.3, -0.25) is 4.90 Å². The Labute approximate surface area is 93.3 Å². The number of hydrogen-bond donors (Lipinski definition) is 0. The minimum Gasteiger partial charge on any atom is -0.298 e. The van der Waals surface area contributed by atoms with Gasteiger partial charge >= 0.3 is 0 Å². The molecule has 1 fully saturated rings. The summed E-state index contributed by atoms with van der Waals surface area (Å²) < 4.78 is 0.862. The summed E-state index contributed by atoms with van der Waals surface area (Å²) >= 11 is 2.55. The van der Waals surface area contributed by atoms with E-state index >= 15 is 0 Å². The summed E-state index contributed by atoms with van der Waals surface area (Å²) in [6, 6.07) is 10.7. The van der Waals surface area contributed by atoms with Gasteiger partial charge in [0.25, 0.3) is 0 Å². The second-order valence-corrected chi connectivity index (χ2v) is 5.37. The molecule has 1 nitrogen and oxygen atoms in total. The van der Waals surface area contributed by atoms with Gasteiger partial charge in [0, 0.05) is 17.0 Å². The molecule has 2 heteroatoms. The Hall–Kier alpha value is -0.0900. The Bertz CT molecular complexity index is 260. The summed E-state index contributed by atoms with van der Waals surface area (Å²) in [7, 11) is 0. The third-order valence-electron chi connectivity index (χ3n) is 2.46. The lowest BCUT2D eigenvalue weighted by molar-refractivity contribution is 0.333. The average Bonchev–Trinajstić information content (AvgIpc) is 2.53. The fourth-order valence-corrected chi connectivity index (χ4v) is 2.61. The van der Waals surface area contributed by atoms with Crippen molar-refractivity contribution < 1.29 is 0 Å². The maximum absolute atomic E-state index is 2.55. The third-order valence-corrected chi connectivity index (χ3v) is 3.48. The van der Waals surface area contributed by atoms with Crippen LogP contribution >= 0.6 is 22.6 Å². The van der Waals surface area contributed by atoms with Crippen LogP contribution < -0.4 is 0 Å². The smallest absolute Gasteiger partial charge is 0.0249 e. The number of rotatable bonds is 2. The van der Waals surface area contributed by atoms with E-state index in [1.54, 1.807) is 0 Å². The first-order valence-electron chi connectivity index (χ1n) is 4.75. The van der Waals surface area contributed by atoms with Crippen LogP contribution in [0.5, 0.6) is 0 Å². The zero-order chi connectivity index (χ0) is 9.10. The van der Waals surface area contributed by atoms with E-state index < -0.39 is 0 Å². The summed E-state index contributed by atoms with van der Waals surface area (Å²) in [6.07, 6.45) is 1.35. The highest BCUT2D eigenvalue weighted by Crippen LogP contribution is 2.18. The first kappa shape index (κ1) is 9.46. The Morgan fingerprint density at radius 2 is 2.08 bits per heavy atom. The highest BCUT2D eigenvalue weighted by Gasteiger charge is 2.19. The predicted molar refractivity (Wildman–Crippen MR) is 64.1 cm³/mol. The van der Waals surface area contributed by atoms with E-state index in [4.69, 9.17) is 0 Å². The van der Waals surface area contributed by atoms with Gasteiger partial charge in [0.1, 0.15) is 0 Å². The lowest BCUT2D eigenvalue weighted by atomic mass is 10.2. The summed E-state index contributed by atoms with van der Waals surface area (Å²) in [5.41, 5.74) is 1.44. The molecule has 1 unspecified atom stereocenters. The van der Waals surface area contributed by atoms with Gasteiger partial charge < -0.3 is 0 Å². The fraction of sp³-hybridized carbons (Fsp3) is 0.455. The Morgan fingerprint density at radius 1 is 1.31 bits per heavy atom. The Balaban J connectivity index is 1.92. The molecule has 13 heavy (non-hydrogen) atoms. The van der Waals surface area contributed by atoms with Gasteiger partial charge in [-0.1, -0.05) is 52.9 Å². The molecule has 1 aromatic carbocycles. The molecule has 0 bridgehead atoms. The summed E-state index contributed by atoms with van der Waals surface area (Å²) in [5.74, 6) is 0. The van der Waals surface area contributed by atoms with Crippen LogP contribution in [0, 0.1) is 0 Å². The Kier molecular flexibility index (Phi) is 3.22. The summed E-state index contributed by atoms with van der Waals surface area (Å²) in [5, 5.41) is 0. The molecule has 70 valence electrons. The van der Waals surface area contributed by atoms with E-state index in [1.165, 1.54) is 25.1 Å². The molecule has 0 saturated carbocycles. The lowest BCUT2D eigenvalue weighted by Gasteiger charge is -2.14. The Morgan fingerprint density at radius 3 is 2.69 bits per heavy atom. The molecule has 1 aromatic rings. The van der Waals surface area contributed by atoms with E-state index in [0.29, 0.717) is 0 Å². The maximum atomic E-state index is 2.55. The van der Waals surface area contributed by atoms with Crippen LogP contribution in [0.25, 0.3) is 0 Å². The molecule has 0 aromatic heterocycles. The topological polar surface area (TPSA) is 3.24 Å². The molecule has 0 amide bonds. The zero-order valence-corrected chi connectivity index (χ0v) is 9.78. The second-order valence-electron chi connectivity index (χ2n) is 3.61. The zero-order valence-electron chi connectivity index (χ0n) is 7.62. The van der Waals surface area contributed by atoms with Gasteiger partial charge in [0.2, 0.25) is 0 Å². The van der Waals surface area contributed by atoms with Crippen molar-refractivity contribution in [2.24, 2.45) is 0 Å². The van der Waals surface area contributed by atoms with E-state index in [9.17, 15) is 0 Å². The van der Waals surface area contributed by atoms with E-state index in [1.807, 2.05) is 0 Å². The molecular weight excluding hydrogens is 273 g/mol. The van der Waals surface area contributed by atoms with Crippen LogP contribution in [0.2, 0.25) is 0 Å². The summed E-state index contributed by atoms with van der Waals surface area (Å²) in [4.78, 5) is 2.53. The van der Waals surface area contributed by atoms with Crippen LogP contribution in [0.15, 0.2) is 30.3 Å². The van der Waals surface area contributed by atoms with Crippen LogP contribution in [0.1, 0.15) is 12.0 Å². The molecule has 0 aliphatic carbocycles. The molecule has 1 atom stereocenters. The molecule has 1 saturated heterocycles. The van der Waals surface area contributed by atoms with Crippen molar-refractivity contribution in [2.45, 2.75) is 16.9 Å². The second kappa shape index (κ2) is 4.42. The highest BCUT2D eigenvalue weighted by atomic mass is 127. The van der Waals surface area contributed by atoms with Gasteiger partial charge in [-0.2, -0.15) is 0 Å². The van der Waals surface area contributed by atoms with Gasteiger partial charge in [-0.25, -0.2) is 0 Å². The van der Waals surface area contributed by atoms with E-state index in [2.05, 4.69) is 57.8 Å². The van der Waals surface area contributed by atoms with Gasteiger partial charge in [0.15, 0.2) is 0 Å². The van der Waals surface area contributed by atoms with Crippen molar-refractivity contribution in [1.29, 1.82) is 0 Å². The summed E-state index contributed by atoms with van der Waals surface area (Å²) in [6.45, 7) is 3.65. The van der Waals surface area contributed by atoms with Crippen molar-refractivity contribution >= 4 is 22.6 Å². The van der Waals surface area contributed by atoms with Gasteiger partial charge in [0.05, 0.1) is 0 Å². The van der Waals surface area contributed by atoms with Crippen molar-refractivity contribution in [2.75, 3.05) is 13.1 Å². The molecule has 2 rings (SSSR count). The first-order chi connectivity index (χ1) is 6.34. The van der Waals surface area contributed by atoms with Crippen molar-refractivity contribution in [1.82, 2.24) is 4.90 Å². The highest BCUT2D eigenvalue weighted by molar-refractivity contribution is 14.1. The van der Waals surface area contributed by atoms with Crippen LogP contribution in [0.3, 0.4) is 0 Å². The SMILES string of the molecule is IC1CCN(Cc2ccccc2)C1. The monoisotopic (exact) mass is 287 g/mol. The van der Waals surface area contributed by atoms with Crippen LogP contribution in [-0.4, -0.2) is 21.9 Å². The third kappa shape index (κ3) is 2.68. The molecule has 1 aliphatic heterocycles. The quantitative estimate of drug-likeness (QED) is 0.597. The fourth-order valence-electron chi connectivity index (χ4n) is 1.77. The molecule has 0 radical (unpaired) electrons. The minimum atomic E-state index is 0.862. The van der Waals surface area contributed by atoms with Gasteiger partial charge in [-0.05, 0) is 18.5 Å². The molecule has 1 aliphatic rings. The van der Waals surface area contributed by atoms with Crippen molar-refractivity contribution in [3.8, 4) is 0 Å². The molecule has 0 N–H and O–H groups in total. The van der Waals surface area contributed by atoms with Crippen LogP contribution in [0.4, 0.5) is 0 Å². The standard InChI is InChI=1S/C11H14IN/c12-11-6-7-13(9-11)8-10-4-2-1-3-5-10/h1-5,11H,6-9H2. The first-order valence-corrected chi connectivity index (χ1v) is 5.99. The largest absolute Gasteiger partial charge is 0.298 e. The number of likely N-dealkylation sites (tertiary alicyclic amines) is 1. The number of alkyl halides is 1. The average molecular weight is 287 g/mol. The molecular formula is C11H14IN. The number of halogens is 1. The van der Waals surface area contributed by atoms with Crippen molar-refractivity contribution in [3.05, 3.63) is 35.9 Å². The van der Waals surface area contributed by atoms with Crippen LogP contribution in [-0.2, 0) is 6.54 Å². The number of benzene rings is 1. The van der Waals surface area contributed by atoms with E-state index in [-0.39, 0.29) is 0 Å². The number of hydrogen-bond acceptors (Lipinski definition) is 1. The van der Waals surface area contributed by atoms with E-state index in [0.717, 1.165) is 10.5 Å². The van der Waals surface area contributed by atoms with Crippen molar-refractivity contribution in [3.63, 3.8) is 0 Å². The predicted octanol–water partition coefficient (Wildman–Crippen LogP) is 2.70.